The van der Waals surface area contributed by atoms with Crippen LogP contribution in [-0.2, 0) is 4.79 Å². The molecule has 2 aliphatic rings. The van der Waals surface area contributed by atoms with E-state index < -0.39 is 0 Å². The maximum Gasteiger partial charge on any atom is 0.229 e. The smallest absolute Gasteiger partial charge is 0.229 e. The Morgan fingerprint density at radius 2 is 2.18 bits per heavy atom. The van der Waals surface area contributed by atoms with Gasteiger partial charge in [-0.3, -0.25) is 4.79 Å². The van der Waals surface area contributed by atoms with E-state index in [4.69, 9.17) is 0 Å². The van der Waals surface area contributed by atoms with E-state index in [9.17, 15) is 4.79 Å². The van der Waals surface area contributed by atoms with E-state index in [1.807, 2.05) is 0 Å². The van der Waals surface area contributed by atoms with Crippen molar-refractivity contribution in [2.45, 2.75) is 39.5 Å². The molecule has 0 radical (unpaired) electrons. The van der Waals surface area contributed by atoms with Gasteiger partial charge in [-0.2, -0.15) is 0 Å². The van der Waals surface area contributed by atoms with Gasteiger partial charge in [0.05, 0.1) is 5.41 Å². The summed E-state index contributed by atoms with van der Waals surface area (Å²) in [5.41, 5.74) is 1.34. The van der Waals surface area contributed by atoms with E-state index in [0.717, 1.165) is 51.9 Å². The maximum absolute atomic E-state index is 12.7. The molecule has 1 amide bonds. The molecule has 0 saturated carbocycles. The van der Waals surface area contributed by atoms with Gasteiger partial charge in [0.25, 0.3) is 0 Å². The molecule has 3 heteroatoms. The number of hydrogen-bond donors (Lipinski definition) is 1. The Kier molecular flexibility index (Phi) is 3.87. The quantitative estimate of drug-likeness (QED) is 0.743. The molecular formula is C14H24N2O. The number of nitrogens with one attached hydrogen (secondary N) is 1. The van der Waals surface area contributed by atoms with Crippen molar-refractivity contribution in [3.63, 3.8) is 0 Å². The third-order valence-electron chi connectivity index (χ3n) is 4.41. The van der Waals surface area contributed by atoms with Gasteiger partial charge < -0.3 is 10.2 Å². The molecule has 3 nitrogen and oxygen atoms in total. The lowest BCUT2D eigenvalue weighted by molar-refractivity contribution is -0.143. The second-order valence-corrected chi connectivity index (χ2v) is 5.44. The fourth-order valence-electron chi connectivity index (χ4n) is 2.91. The van der Waals surface area contributed by atoms with Gasteiger partial charge in [-0.15, -0.1) is 0 Å². The van der Waals surface area contributed by atoms with Crippen molar-refractivity contribution in [2.24, 2.45) is 5.41 Å². The van der Waals surface area contributed by atoms with Crippen LogP contribution < -0.4 is 5.32 Å². The molecule has 0 atom stereocenters. The first-order valence-electron chi connectivity index (χ1n) is 6.84. The van der Waals surface area contributed by atoms with Gasteiger partial charge >= 0.3 is 0 Å². The lowest BCUT2D eigenvalue weighted by atomic mass is 9.75. The van der Waals surface area contributed by atoms with Crippen molar-refractivity contribution < 1.29 is 4.79 Å². The molecule has 0 spiro atoms. The van der Waals surface area contributed by atoms with Crippen LogP contribution in [0.2, 0.25) is 0 Å². The van der Waals surface area contributed by atoms with Gasteiger partial charge in [0.1, 0.15) is 0 Å². The summed E-state index contributed by atoms with van der Waals surface area (Å²) in [6.45, 7) is 8.02. The van der Waals surface area contributed by atoms with Crippen molar-refractivity contribution in [3.05, 3.63) is 11.6 Å². The Morgan fingerprint density at radius 1 is 1.47 bits per heavy atom. The molecular weight excluding hydrogens is 212 g/mol. The van der Waals surface area contributed by atoms with Gasteiger partial charge in [0.15, 0.2) is 0 Å². The minimum atomic E-state index is -0.0790. The molecule has 2 heterocycles. The minimum Gasteiger partial charge on any atom is -0.338 e. The van der Waals surface area contributed by atoms with Crippen LogP contribution in [0, 0.1) is 5.41 Å². The highest BCUT2D eigenvalue weighted by Gasteiger charge is 2.40. The fraction of sp³-hybridized carbons (Fsp3) is 0.786. The van der Waals surface area contributed by atoms with Crippen LogP contribution in [0.5, 0.6) is 0 Å². The first kappa shape index (κ1) is 12.6. The monoisotopic (exact) mass is 236 g/mol. The molecule has 17 heavy (non-hydrogen) atoms. The van der Waals surface area contributed by atoms with Gasteiger partial charge in [-0.1, -0.05) is 18.6 Å². The highest BCUT2D eigenvalue weighted by molar-refractivity contribution is 5.83. The molecule has 0 aromatic rings. The van der Waals surface area contributed by atoms with Crippen LogP contribution in [0.4, 0.5) is 0 Å². The lowest BCUT2D eigenvalue weighted by Gasteiger charge is -2.40. The zero-order valence-electron chi connectivity index (χ0n) is 11.1. The predicted octanol–water partition coefficient (Wildman–Crippen LogP) is 1.94. The maximum atomic E-state index is 12.7. The molecule has 2 rings (SSSR count). The molecule has 0 unspecified atom stereocenters. The average Bonchev–Trinajstić information content (AvgIpc) is 2.39. The number of hydrogen-bond acceptors (Lipinski definition) is 2. The molecule has 2 aliphatic heterocycles. The van der Waals surface area contributed by atoms with E-state index in [2.05, 4.69) is 30.1 Å². The van der Waals surface area contributed by atoms with E-state index in [-0.39, 0.29) is 5.41 Å². The summed E-state index contributed by atoms with van der Waals surface area (Å²) in [6.07, 6.45) is 6.23. The van der Waals surface area contributed by atoms with Crippen LogP contribution in [0.3, 0.4) is 0 Å². The number of carbonyl (C=O) groups is 1. The summed E-state index contributed by atoms with van der Waals surface area (Å²) in [5, 5.41) is 3.36. The SMILES string of the molecule is CCC1(C(=O)N2CC=C(C)CC2)CCNCC1. The van der Waals surface area contributed by atoms with Crippen molar-refractivity contribution >= 4 is 5.91 Å². The Labute approximate surface area is 104 Å². The highest BCUT2D eigenvalue weighted by atomic mass is 16.2. The molecule has 96 valence electrons. The average molecular weight is 236 g/mol. The second kappa shape index (κ2) is 5.21. The summed E-state index contributed by atoms with van der Waals surface area (Å²) in [5.74, 6) is 0.394. The van der Waals surface area contributed by atoms with Crippen LogP contribution >= 0.6 is 0 Å². The minimum absolute atomic E-state index is 0.0790. The molecule has 1 N–H and O–H groups in total. The lowest BCUT2D eigenvalue weighted by Crippen LogP contribution is -2.50. The van der Waals surface area contributed by atoms with Crippen molar-refractivity contribution in [1.29, 1.82) is 0 Å². The number of amides is 1. The van der Waals surface area contributed by atoms with Crippen LogP contribution in [-0.4, -0.2) is 37.0 Å². The number of piperidine rings is 1. The summed E-state index contributed by atoms with van der Waals surface area (Å²) in [7, 11) is 0. The Balaban J connectivity index is 2.07. The normalized spacial score (nSPS) is 24.4. The first-order valence-corrected chi connectivity index (χ1v) is 6.84. The van der Waals surface area contributed by atoms with Crippen LogP contribution in [0.1, 0.15) is 39.5 Å². The van der Waals surface area contributed by atoms with Crippen molar-refractivity contribution in [2.75, 3.05) is 26.2 Å². The third-order valence-corrected chi connectivity index (χ3v) is 4.41. The van der Waals surface area contributed by atoms with E-state index in [0.29, 0.717) is 5.91 Å². The molecule has 1 fully saturated rings. The predicted molar refractivity (Wildman–Crippen MR) is 69.8 cm³/mol. The zero-order chi connectivity index (χ0) is 12.3. The number of carbonyl (C=O) groups excluding carboxylic acids is 1. The van der Waals surface area contributed by atoms with Crippen LogP contribution in [0.25, 0.3) is 0 Å². The Morgan fingerprint density at radius 3 is 2.71 bits per heavy atom. The van der Waals surface area contributed by atoms with Crippen molar-refractivity contribution in [3.8, 4) is 0 Å². The summed E-state index contributed by atoms with van der Waals surface area (Å²) in [6, 6.07) is 0. The van der Waals surface area contributed by atoms with E-state index in [1.165, 1.54) is 5.57 Å². The van der Waals surface area contributed by atoms with Gasteiger partial charge in [0.2, 0.25) is 5.91 Å². The summed E-state index contributed by atoms with van der Waals surface area (Å²) < 4.78 is 0. The molecule has 0 aliphatic carbocycles. The van der Waals surface area contributed by atoms with Crippen molar-refractivity contribution in [1.82, 2.24) is 10.2 Å². The van der Waals surface area contributed by atoms with E-state index in [1.54, 1.807) is 0 Å². The standard InChI is InChI=1S/C14H24N2O/c1-3-14(6-8-15-9-7-14)13(17)16-10-4-12(2)5-11-16/h4,15H,3,5-11H2,1-2H3. The second-order valence-electron chi connectivity index (χ2n) is 5.44. The number of rotatable bonds is 2. The zero-order valence-corrected chi connectivity index (χ0v) is 11.1. The third kappa shape index (κ3) is 2.54. The van der Waals surface area contributed by atoms with Crippen LogP contribution in [0.15, 0.2) is 11.6 Å². The van der Waals surface area contributed by atoms with Gasteiger partial charge in [-0.25, -0.2) is 0 Å². The number of nitrogens with zero attached hydrogens (tertiary/aromatic N) is 1. The molecule has 0 aromatic heterocycles. The Hall–Kier alpha value is -0.830. The largest absolute Gasteiger partial charge is 0.338 e. The molecule has 0 bridgehead atoms. The molecule has 1 saturated heterocycles. The highest BCUT2D eigenvalue weighted by Crippen LogP contribution is 2.35. The van der Waals surface area contributed by atoms with Gasteiger partial charge in [0, 0.05) is 13.1 Å². The van der Waals surface area contributed by atoms with E-state index >= 15 is 0 Å². The summed E-state index contributed by atoms with van der Waals surface area (Å²) in [4.78, 5) is 14.7. The molecule has 0 aromatic carbocycles. The van der Waals surface area contributed by atoms with Gasteiger partial charge in [-0.05, 0) is 45.7 Å². The topological polar surface area (TPSA) is 32.3 Å². The summed E-state index contributed by atoms with van der Waals surface area (Å²) >= 11 is 0. The fourth-order valence-corrected chi connectivity index (χ4v) is 2.91. The first-order chi connectivity index (χ1) is 8.18. The Bertz CT molecular complexity index is 316.